The Morgan fingerprint density at radius 2 is 2.21 bits per heavy atom. The molecule has 0 fully saturated rings. The van der Waals surface area contributed by atoms with Crippen molar-refractivity contribution in [3.05, 3.63) is 23.8 Å². The summed E-state index contributed by atoms with van der Waals surface area (Å²) in [5.74, 6) is 0.771. The van der Waals surface area contributed by atoms with Gasteiger partial charge in [0.2, 0.25) is 0 Å². The highest BCUT2D eigenvalue weighted by molar-refractivity contribution is 5.12. The average Bonchev–Trinajstić information content (AvgIpc) is 2.01. The summed E-state index contributed by atoms with van der Waals surface area (Å²) in [6, 6.07) is 0. The zero-order valence-electron chi connectivity index (χ0n) is 10.2. The molecule has 0 heteroatoms. The Hall–Kier alpha value is -0.520. The second-order valence-corrected chi connectivity index (χ2v) is 5.52. The molecule has 1 atom stereocenters. The standard InChI is InChI=1S/C14H24/c1-11(2)8-9-13-12(3)7-6-10-14(13,4)5/h7,13H,1,6,8-10H2,2-5H3/t13-/m0/s1. The van der Waals surface area contributed by atoms with Gasteiger partial charge < -0.3 is 0 Å². The molecule has 1 aliphatic rings. The summed E-state index contributed by atoms with van der Waals surface area (Å²) in [7, 11) is 0. The molecule has 80 valence electrons. The van der Waals surface area contributed by atoms with Crippen molar-refractivity contribution in [2.75, 3.05) is 0 Å². The topological polar surface area (TPSA) is 0 Å². The highest BCUT2D eigenvalue weighted by Gasteiger charge is 2.31. The van der Waals surface area contributed by atoms with Crippen molar-refractivity contribution in [2.24, 2.45) is 11.3 Å². The van der Waals surface area contributed by atoms with Gasteiger partial charge in [0.1, 0.15) is 0 Å². The molecule has 0 nitrogen and oxygen atoms in total. The van der Waals surface area contributed by atoms with E-state index >= 15 is 0 Å². The lowest BCUT2D eigenvalue weighted by Crippen LogP contribution is -2.27. The molecule has 0 bridgehead atoms. The van der Waals surface area contributed by atoms with Crippen LogP contribution in [0, 0.1) is 11.3 Å². The minimum absolute atomic E-state index is 0.494. The van der Waals surface area contributed by atoms with Crippen LogP contribution in [0.5, 0.6) is 0 Å². The summed E-state index contributed by atoms with van der Waals surface area (Å²) in [5, 5.41) is 0. The van der Waals surface area contributed by atoms with E-state index in [2.05, 4.69) is 40.3 Å². The predicted octanol–water partition coefficient (Wildman–Crippen LogP) is 4.73. The van der Waals surface area contributed by atoms with Gasteiger partial charge in [0, 0.05) is 0 Å². The summed E-state index contributed by atoms with van der Waals surface area (Å²) < 4.78 is 0. The maximum Gasteiger partial charge on any atom is -0.0151 e. The van der Waals surface area contributed by atoms with Crippen molar-refractivity contribution in [3.63, 3.8) is 0 Å². The van der Waals surface area contributed by atoms with Gasteiger partial charge in [0.15, 0.2) is 0 Å². The van der Waals surface area contributed by atoms with Crippen LogP contribution in [0.2, 0.25) is 0 Å². The zero-order valence-corrected chi connectivity index (χ0v) is 10.2. The third kappa shape index (κ3) is 2.73. The van der Waals surface area contributed by atoms with E-state index < -0.39 is 0 Å². The number of hydrogen-bond donors (Lipinski definition) is 0. The van der Waals surface area contributed by atoms with Gasteiger partial charge >= 0.3 is 0 Å². The van der Waals surface area contributed by atoms with Crippen molar-refractivity contribution < 1.29 is 0 Å². The Labute approximate surface area is 89.1 Å². The van der Waals surface area contributed by atoms with E-state index in [-0.39, 0.29) is 0 Å². The lowest BCUT2D eigenvalue weighted by molar-refractivity contribution is 0.204. The molecule has 0 N–H and O–H groups in total. The molecule has 0 aliphatic heterocycles. The van der Waals surface area contributed by atoms with Crippen LogP contribution in [-0.4, -0.2) is 0 Å². The third-order valence-electron chi connectivity index (χ3n) is 3.61. The Bertz CT molecular complexity index is 243. The smallest absolute Gasteiger partial charge is 0.0151 e. The third-order valence-corrected chi connectivity index (χ3v) is 3.61. The van der Waals surface area contributed by atoms with Crippen molar-refractivity contribution in [3.8, 4) is 0 Å². The molecule has 0 aromatic heterocycles. The molecule has 0 aromatic rings. The molecule has 0 saturated carbocycles. The summed E-state index contributed by atoms with van der Waals surface area (Å²) in [5.41, 5.74) is 3.41. The molecule has 0 unspecified atom stereocenters. The summed E-state index contributed by atoms with van der Waals surface area (Å²) in [6.07, 6.45) is 7.49. The molecule has 0 spiro atoms. The first-order valence-corrected chi connectivity index (χ1v) is 5.74. The van der Waals surface area contributed by atoms with Crippen molar-refractivity contribution in [1.29, 1.82) is 0 Å². The van der Waals surface area contributed by atoms with Crippen LogP contribution in [-0.2, 0) is 0 Å². The van der Waals surface area contributed by atoms with Gasteiger partial charge in [-0.15, -0.1) is 6.58 Å². The maximum absolute atomic E-state index is 3.99. The summed E-state index contributed by atoms with van der Waals surface area (Å²) >= 11 is 0. The fraction of sp³-hybridized carbons (Fsp3) is 0.714. The van der Waals surface area contributed by atoms with Crippen LogP contribution in [0.1, 0.15) is 53.4 Å². The van der Waals surface area contributed by atoms with E-state index in [1.807, 2.05) is 0 Å². The van der Waals surface area contributed by atoms with E-state index in [0.29, 0.717) is 5.41 Å². The molecule has 14 heavy (non-hydrogen) atoms. The van der Waals surface area contributed by atoms with E-state index in [1.165, 1.54) is 31.3 Å². The minimum atomic E-state index is 0.494. The number of hydrogen-bond acceptors (Lipinski definition) is 0. The van der Waals surface area contributed by atoms with Gasteiger partial charge in [-0.3, -0.25) is 0 Å². The lowest BCUT2D eigenvalue weighted by Gasteiger charge is -2.38. The Kier molecular flexibility index (Phi) is 3.58. The number of allylic oxidation sites excluding steroid dienone is 3. The maximum atomic E-state index is 3.99. The van der Waals surface area contributed by atoms with Crippen molar-refractivity contribution in [2.45, 2.75) is 53.4 Å². The van der Waals surface area contributed by atoms with Gasteiger partial charge in [-0.1, -0.05) is 31.1 Å². The second kappa shape index (κ2) is 4.33. The number of rotatable bonds is 3. The first kappa shape index (κ1) is 11.6. The molecule has 0 aromatic carbocycles. The van der Waals surface area contributed by atoms with Crippen molar-refractivity contribution in [1.82, 2.24) is 0 Å². The molecule has 0 radical (unpaired) electrons. The summed E-state index contributed by atoms with van der Waals surface area (Å²) in [6.45, 7) is 13.2. The summed E-state index contributed by atoms with van der Waals surface area (Å²) in [4.78, 5) is 0. The highest BCUT2D eigenvalue weighted by atomic mass is 14.4. The molecule has 0 saturated heterocycles. The fourth-order valence-corrected chi connectivity index (χ4v) is 2.61. The molecule has 0 amide bonds. The molecular formula is C14H24. The Morgan fingerprint density at radius 1 is 1.57 bits per heavy atom. The van der Waals surface area contributed by atoms with E-state index in [0.717, 1.165) is 5.92 Å². The zero-order chi connectivity index (χ0) is 10.8. The minimum Gasteiger partial charge on any atom is -0.100 e. The van der Waals surface area contributed by atoms with Crippen LogP contribution in [0.3, 0.4) is 0 Å². The van der Waals surface area contributed by atoms with Gasteiger partial charge in [-0.05, 0) is 50.9 Å². The largest absolute Gasteiger partial charge is 0.100 e. The highest BCUT2D eigenvalue weighted by Crippen LogP contribution is 2.43. The van der Waals surface area contributed by atoms with Gasteiger partial charge in [0.05, 0.1) is 0 Å². The monoisotopic (exact) mass is 192 g/mol. The first-order chi connectivity index (χ1) is 6.43. The second-order valence-electron chi connectivity index (χ2n) is 5.52. The van der Waals surface area contributed by atoms with Gasteiger partial charge in [0.25, 0.3) is 0 Å². The van der Waals surface area contributed by atoms with Gasteiger partial charge in [-0.2, -0.15) is 0 Å². The van der Waals surface area contributed by atoms with Crippen LogP contribution in [0.15, 0.2) is 23.8 Å². The van der Waals surface area contributed by atoms with Crippen LogP contribution >= 0.6 is 0 Å². The molecular weight excluding hydrogens is 168 g/mol. The molecule has 0 heterocycles. The van der Waals surface area contributed by atoms with Gasteiger partial charge in [-0.25, -0.2) is 0 Å². The van der Waals surface area contributed by atoms with Crippen LogP contribution < -0.4 is 0 Å². The van der Waals surface area contributed by atoms with E-state index in [1.54, 1.807) is 5.57 Å². The lowest BCUT2D eigenvalue weighted by atomic mass is 9.67. The van der Waals surface area contributed by atoms with Crippen LogP contribution in [0.25, 0.3) is 0 Å². The Balaban J connectivity index is 2.66. The van der Waals surface area contributed by atoms with Crippen molar-refractivity contribution >= 4 is 0 Å². The quantitative estimate of drug-likeness (QED) is 0.567. The van der Waals surface area contributed by atoms with Crippen LogP contribution in [0.4, 0.5) is 0 Å². The normalized spacial score (nSPS) is 25.7. The predicted molar refractivity (Wildman–Crippen MR) is 64.3 cm³/mol. The SMILES string of the molecule is C=C(C)CC[C@H]1C(C)=CCCC1(C)C. The van der Waals surface area contributed by atoms with E-state index in [4.69, 9.17) is 0 Å². The Morgan fingerprint density at radius 3 is 2.71 bits per heavy atom. The molecule has 1 aliphatic carbocycles. The average molecular weight is 192 g/mol. The van der Waals surface area contributed by atoms with E-state index in [9.17, 15) is 0 Å². The molecule has 1 rings (SSSR count). The fourth-order valence-electron chi connectivity index (χ4n) is 2.61. The first-order valence-electron chi connectivity index (χ1n) is 5.74.